The van der Waals surface area contributed by atoms with Crippen LogP contribution in [-0.4, -0.2) is 66.3 Å². The summed E-state index contributed by atoms with van der Waals surface area (Å²) in [6, 6.07) is 15.2. The van der Waals surface area contributed by atoms with Crippen LogP contribution in [0.3, 0.4) is 0 Å². The van der Waals surface area contributed by atoms with Gasteiger partial charge in [-0.25, -0.2) is 14.4 Å². The Hall–Kier alpha value is -5.63. The number of allylic oxidation sites excluding steroid dienone is 10. The molecular formula is C51H58ClFN6O4S2. The second kappa shape index (κ2) is 28.3. The van der Waals surface area contributed by atoms with Gasteiger partial charge in [0.05, 0.1) is 43.3 Å². The third-order valence-electron chi connectivity index (χ3n) is 9.89. The van der Waals surface area contributed by atoms with E-state index in [9.17, 15) is 9.59 Å². The summed E-state index contributed by atoms with van der Waals surface area (Å²) in [6.45, 7) is 3.41. The van der Waals surface area contributed by atoms with Crippen LogP contribution < -0.4 is 25.4 Å². The minimum atomic E-state index is -0.466. The summed E-state index contributed by atoms with van der Waals surface area (Å²) in [7, 11) is 6.30. The lowest BCUT2D eigenvalue weighted by Crippen LogP contribution is -2.26. The van der Waals surface area contributed by atoms with Gasteiger partial charge < -0.3 is 25.4 Å². The van der Waals surface area contributed by atoms with Gasteiger partial charge >= 0.3 is 0 Å². The van der Waals surface area contributed by atoms with Crippen LogP contribution in [0.1, 0.15) is 85.3 Å². The van der Waals surface area contributed by atoms with E-state index >= 15 is 4.39 Å². The highest BCUT2D eigenvalue weighted by Gasteiger charge is 2.26. The quantitative estimate of drug-likeness (QED) is 0.0320. The molecule has 65 heavy (non-hydrogen) atoms. The number of aliphatic imine (C=N–C) groups is 1. The van der Waals surface area contributed by atoms with Crippen LogP contribution in [0, 0.1) is 5.82 Å². The van der Waals surface area contributed by atoms with Crippen molar-refractivity contribution >= 4 is 62.4 Å². The highest BCUT2D eigenvalue weighted by atomic mass is 35.5. The van der Waals surface area contributed by atoms with Gasteiger partial charge in [-0.2, -0.15) is 0 Å². The Morgan fingerprint density at radius 2 is 1.48 bits per heavy atom. The minimum Gasteiger partial charge on any atom is -0.496 e. The molecule has 342 valence electrons. The molecule has 3 aromatic carbocycles. The summed E-state index contributed by atoms with van der Waals surface area (Å²) in [5.74, 6) is 1.87. The van der Waals surface area contributed by atoms with Crippen molar-refractivity contribution in [3.63, 3.8) is 0 Å². The molecule has 2 heterocycles. The number of fused-ring (bicyclic) bond motifs is 3. The van der Waals surface area contributed by atoms with E-state index < -0.39 is 5.82 Å². The number of nitrogens with one attached hydrogen (secondary N) is 3. The first kappa shape index (κ1) is 50.4. The van der Waals surface area contributed by atoms with Crippen molar-refractivity contribution in [1.29, 1.82) is 0 Å². The predicted octanol–water partition coefficient (Wildman–Crippen LogP) is 12.2. The number of methoxy groups -OCH3 is 2. The number of carbonyl (C=O) groups excluding carboxylic acids is 2. The molecule has 1 aliphatic rings. The van der Waals surface area contributed by atoms with E-state index in [1.54, 1.807) is 70.2 Å². The molecule has 0 saturated carbocycles. The zero-order valence-electron chi connectivity index (χ0n) is 37.3. The van der Waals surface area contributed by atoms with Crippen LogP contribution in [0.15, 0.2) is 127 Å². The lowest BCUT2D eigenvalue weighted by molar-refractivity contribution is -0.121. The number of carbonyl (C=O) groups is 2. The normalized spacial score (nSPS) is 12.5. The molecule has 0 saturated heterocycles. The Labute approximate surface area is 395 Å². The summed E-state index contributed by atoms with van der Waals surface area (Å²) in [4.78, 5) is 39.6. The molecule has 3 N–H and O–H groups in total. The monoisotopic (exact) mass is 936 g/mol. The number of unbranched alkanes of at least 4 members (excludes halogenated alkanes) is 1. The Balaban J connectivity index is 0.984. The molecule has 10 nitrogen and oxygen atoms in total. The van der Waals surface area contributed by atoms with Gasteiger partial charge in [-0.05, 0) is 81.3 Å². The Morgan fingerprint density at radius 1 is 0.800 bits per heavy atom. The lowest BCUT2D eigenvalue weighted by Gasteiger charge is -2.15. The largest absolute Gasteiger partial charge is 0.496 e. The third-order valence-corrected chi connectivity index (χ3v) is 12.5. The SMILES string of the molecule is CC/C=C\C/C=C\C/C=C\C/C=C\C/C=C\CCCC(=O)NCCSSCCNC(=O)c1ccc(Nc2ncc3c(n2)-c2ccc(Cl)cc2C(c2c(F)cccc2OC)=NC3)cc1OC. The van der Waals surface area contributed by atoms with E-state index in [0.29, 0.717) is 81.5 Å². The first-order chi connectivity index (χ1) is 31.8. The van der Waals surface area contributed by atoms with Crippen LogP contribution in [-0.2, 0) is 11.3 Å². The Bertz CT molecular complexity index is 2380. The molecule has 1 aliphatic heterocycles. The van der Waals surface area contributed by atoms with Crippen molar-refractivity contribution in [2.45, 2.75) is 64.8 Å². The fourth-order valence-corrected chi connectivity index (χ4v) is 8.66. The molecule has 0 aliphatic carbocycles. The second-order valence-electron chi connectivity index (χ2n) is 14.6. The highest BCUT2D eigenvalue weighted by Crippen LogP contribution is 2.36. The highest BCUT2D eigenvalue weighted by molar-refractivity contribution is 8.76. The second-order valence-corrected chi connectivity index (χ2v) is 17.8. The first-order valence-electron chi connectivity index (χ1n) is 21.9. The number of anilines is 2. The van der Waals surface area contributed by atoms with Crippen molar-refractivity contribution < 1.29 is 23.5 Å². The zero-order valence-corrected chi connectivity index (χ0v) is 39.7. The number of rotatable bonds is 26. The van der Waals surface area contributed by atoms with Crippen LogP contribution >= 0.6 is 33.2 Å². The smallest absolute Gasteiger partial charge is 0.255 e. The predicted molar refractivity (Wildman–Crippen MR) is 270 cm³/mol. The van der Waals surface area contributed by atoms with Gasteiger partial charge in [-0.15, -0.1) is 0 Å². The van der Waals surface area contributed by atoms with Crippen LogP contribution in [0.4, 0.5) is 16.0 Å². The van der Waals surface area contributed by atoms with Crippen LogP contribution in [0.2, 0.25) is 5.02 Å². The Morgan fingerprint density at radius 3 is 2.17 bits per heavy atom. The maximum Gasteiger partial charge on any atom is 0.255 e. The van der Waals surface area contributed by atoms with Gasteiger partial charge in [-0.1, -0.05) is 113 Å². The summed E-state index contributed by atoms with van der Waals surface area (Å²) in [5.41, 5.74) is 4.34. The summed E-state index contributed by atoms with van der Waals surface area (Å²) < 4.78 is 26.4. The molecule has 4 aromatic rings. The molecule has 0 unspecified atom stereocenters. The van der Waals surface area contributed by atoms with Crippen molar-refractivity contribution in [2.24, 2.45) is 4.99 Å². The number of benzene rings is 3. The van der Waals surface area contributed by atoms with Gasteiger partial charge in [0.25, 0.3) is 5.91 Å². The Kier molecular flexibility index (Phi) is 21.9. The van der Waals surface area contributed by atoms with E-state index in [1.807, 2.05) is 6.07 Å². The average Bonchev–Trinajstić information content (AvgIpc) is 3.46. The van der Waals surface area contributed by atoms with Gasteiger partial charge in [-0.3, -0.25) is 14.6 Å². The first-order valence-corrected chi connectivity index (χ1v) is 24.7. The zero-order chi connectivity index (χ0) is 46.1. The maximum atomic E-state index is 15.3. The summed E-state index contributed by atoms with van der Waals surface area (Å²) in [6.07, 6.45) is 30.7. The van der Waals surface area contributed by atoms with Crippen molar-refractivity contribution in [3.8, 4) is 22.8 Å². The molecule has 14 heteroatoms. The van der Waals surface area contributed by atoms with Crippen molar-refractivity contribution in [1.82, 2.24) is 20.6 Å². The maximum absolute atomic E-state index is 15.3. The summed E-state index contributed by atoms with van der Waals surface area (Å²) >= 11 is 6.45. The van der Waals surface area contributed by atoms with Gasteiger partial charge in [0.15, 0.2) is 0 Å². The van der Waals surface area contributed by atoms with Gasteiger partial charge in [0, 0.05) is 70.7 Å². The number of hydrogen-bond acceptors (Lipinski definition) is 10. The van der Waals surface area contributed by atoms with Gasteiger partial charge in [0.2, 0.25) is 11.9 Å². The molecule has 0 bridgehead atoms. The molecule has 1 aromatic heterocycles. The number of amides is 2. The third kappa shape index (κ3) is 16.4. The van der Waals surface area contributed by atoms with E-state index in [-0.39, 0.29) is 23.9 Å². The molecule has 5 rings (SSSR count). The standard InChI is InChI=1S/C51H58ClFN6O4S2/c1-4-5-6-7-8-9-10-11-12-13-14-15-16-17-18-19-20-24-46(60)54-29-31-64-65-32-30-55-50(61)41-28-26-39(34-45(41)63-3)58-51-57-36-37-35-56-49(47-43(53)22-21-23-44(47)62-2)42-33-38(52)25-27-40(42)48(37)59-51/h5-6,8-9,11-12,14-15,17-18,21-23,25-28,33-34,36H,4,7,10,13,16,19-20,24,29-32,35H2,1-3H3,(H,54,60)(H,55,61)(H,57,58,59)/b6-5-,9-8-,12-11-,15-14-,18-17-. The van der Waals surface area contributed by atoms with Crippen molar-refractivity contribution in [3.05, 3.63) is 155 Å². The fourth-order valence-electron chi connectivity index (χ4n) is 6.68. The minimum absolute atomic E-state index is 0.0701. The number of hydrogen-bond donors (Lipinski definition) is 3. The number of aromatic nitrogens is 2. The molecular weight excluding hydrogens is 879 g/mol. The van der Waals surface area contributed by atoms with Crippen LogP contribution in [0.25, 0.3) is 11.3 Å². The van der Waals surface area contributed by atoms with Crippen molar-refractivity contribution in [2.75, 3.05) is 44.1 Å². The number of nitrogens with zero attached hydrogens (tertiary/aromatic N) is 3. The van der Waals surface area contributed by atoms with E-state index in [4.69, 9.17) is 31.1 Å². The lowest BCUT2D eigenvalue weighted by atomic mass is 9.94. The van der Waals surface area contributed by atoms with Crippen LogP contribution in [0.5, 0.6) is 11.5 Å². The van der Waals surface area contributed by atoms with E-state index in [2.05, 4.69) is 88.6 Å². The number of halogens is 2. The average molecular weight is 938 g/mol. The topological polar surface area (TPSA) is 127 Å². The fraction of sp³-hybridized carbons (Fsp3) is 0.314. The molecule has 2 amide bonds. The van der Waals surface area contributed by atoms with E-state index in [1.165, 1.54) is 20.3 Å². The van der Waals surface area contributed by atoms with E-state index in [0.717, 1.165) is 56.3 Å². The summed E-state index contributed by atoms with van der Waals surface area (Å²) in [5, 5.41) is 9.65. The molecule has 0 radical (unpaired) electrons. The molecule has 0 fully saturated rings. The number of ether oxygens (including phenoxy) is 2. The molecule has 0 spiro atoms. The molecule has 0 atom stereocenters. The van der Waals surface area contributed by atoms with Gasteiger partial charge in [0.1, 0.15) is 17.3 Å².